The minimum absolute atomic E-state index is 0.0427. The van der Waals surface area contributed by atoms with E-state index in [0.29, 0.717) is 12.8 Å². The topological polar surface area (TPSA) is 151 Å². The summed E-state index contributed by atoms with van der Waals surface area (Å²) in [7, 11) is -4.41. The predicted molar refractivity (Wildman–Crippen MR) is 227 cm³/mol. The lowest BCUT2D eigenvalue weighted by molar-refractivity contribution is -0.124. The highest BCUT2D eigenvalue weighted by atomic mass is 31.2. The van der Waals surface area contributed by atoms with Crippen LogP contribution < -0.4 is 11.1 Å². The minimum Gasteiger partial charge on any atom is -0.393 e. The zero-order chi connectivity index (χ0) is 39.8. The SMILES string of the molecule is CCCCCC/C=C/CC/C=C/CC/C=C/C(O)C(COP(=O)(O)OCCN)NC(=O)CC(O)CCCCCCCCCCCCCCCCCCCC. The molecule has 1 amide bonds. The third-order valence-corrected chi connectivity index (χ3v) is 10.7. The van der Waals surface area contributed by atoms with Crippen LogP contribution in [0.1, 0.15) is 200 Å². The summed E-state index contributed by atoms with van der Waals surface area (Å²) < 4.78 is 22.0. The van der Waals surface area contributed by atoms with Gasteiger partial charge in [0.15, 0.2) is 0 Å². The first-order valence-electron chi connectivity index (χ1n) is 22.2. The normalized spacial score (nSPS) is 15.0. The van der Waals surface area contributed by atoms with Gasteiger partial charge in [-0.1, -0.05) is 185 Å². The molecule has 0 bridgehead atoms. The standard InChI is InChI=1S/C44H85N2O7P/c1-3-5-7-9-11-13-15-17-19-20-21-22-23-25-27-29-31-33-35-41(47)39-44(49)46-42(40-53-54(50,51)52-38-37-45)43(48)36-34-32-30-28-26-24-18-16-14-12-10-8-6-4-2/h14,16,26,28,34,36,41-43,47-48H,3-13,15,17-25,27,29-33,35,37-40,45H2,1-2H3,(H,46,49)(H,50,51)/b16-14+,28-26+,36-34+. The Hall–Kier alpha value is -1.32. The molecular weight excluding hydrogens is 699 g/mol. The Morgan fingerprint density at radius 1 is 0.630 bits per heavy atom. The van der Waals surface area contributed by atoms with Crippen LogP contribution in [-0.2, 0) is 18.4 Å². The first-order valence-corrected chi connectivity index (χ1v) is 23.7. The highest BCUT2D eigenvalue weighted by molar-refractivity contribution is 7.47. The summed E-state index contributed by atoms with van der Waals surface area (Å²) >= 11 is 0. The van der Waals surface area contributed by atoms with E-state index in [2.05, 4.69) is 43.5 Å². The fourth-order valence-electron chi connectivity index (χ4n) is 6.38. The third-order valence-electron chi connectivity index (χ3n) is 9.75. The molecule has 0 saturated heterocycles. The van der Waals surface area contributed by atoms with Crippen LogP contribution in [0, 0.1) is 0 Å². The molecule has 4 atom stereocenters. The molecule has 0 spiro atoms. The third kappa shape index (κ3) is 37.6. The van der Waals surface area contributed by atoms with Crippen molar-refractivity contribution in [2.45, 2.75) is 218 Å². The molecule has 0 aliphatic carbocycles. The number of phosphoric acid groups is 1. The molecule has 4 unspecified atom stereocenters. The van der Waals surface area contributed by atoms with E-state index in [0.717, 1.165) is 44.9 Å². The lowest BCUT2D eigenvalue weighted by atomic mass is 10.0. The summed E-state index contributed by atoms with van der Waals surface area (Å²) in [6, 6.07) is -1.00. The minimum atomic E-state index is -4.41. The Kier molecular flexibility index (Phi) is 38.9. The summed E-state index contributed by atoms with van der Waals surface area (Å²) in [5.74, 6) is -0.459. The van der Waals surface area contributed by atoms with Crippen molar-refractivity contribution >= 4 is 13.7 Å². The second-order valence-corrected chi connectivity index (χ2v) is 16.5. The fourth-order valence-corrected chi connectivity index (χ4v) is 7.14. The number of unbranched alkanes of at least 4 members (excludes halogenated alkanes) is 23. The van der Waals surface area contributed by atoms with Gasteiger partial charge in [-0.15, -0.1) is 0 Å². The number of phosphoric ester groups is 1. The number of nitrogens with two attached hydrogens (primary N) is 1. The van der Waals surface area contributed by atoms with E-state index in [1.54, 1.807) is 6.08 Å². The number of hydrogen-bond acceptors (Lipinski definition) is 7. The van der Waals surface area contributed by atoms with Gasteiger partial charge in [0.05, 0.1) is 37.9 Å². The molecule has 54 heavy (non-hydrogen) atoms. The zero-order valence-corrected chi connectivity index (χ0v) is 35.7. The van der Waals surface area contributed by atoms with Crippen LogP contribution in [0.4, 0.5) is 0 Å². The Balaban J connectivity index is 4.32. The number of aliphatic hydroxyl groups is 2. The summed E-state index contributed by atoms with van der Waals surface area (Å²) in [5.41, 5.74) is 5.36. The van der Waals surface area contributed by atoms with Gasteiger partial charge in [-0.2, -0.15) is 0 Å². The molecule has 0 saturated carbocycles. The summed E-state index contributed by atoms with van der Waals surface area (Å²) in [6.45, 7) is 3.93. The highest BCUT2D eigenvalue weighted by Gasteiger charge is 2.27. The predicted octanol–water partition coefficient (Wildman–Crippen LogP) is 11.3. The quantitative estimate of drug-likeness (QED) is 0.0233. The zero-order valence-electron chi connectivity index (χ0n) is 34.8. The van der Waals surface area contributed by atoms with E-state index in [9.17, 15) is 24.5 Å². The number of hydrogen-bond donors (Lipinski definition) is 5. The van der Waals surface area contributed by atoms with Gasteiger partial charge in [0, 0.05) is 6.54 Å². The van der Waals surface area contributed by atoms with Gasteiger partial charge < -0.3 is 26.2 Å². The van der Waals surface area contributed by atoms with Gasteiger partial charge >= 0.3 is 7.82 Å². The monoisotopic (exact) mass is 785 g/mol. The average Bonchev–Trinajstić information content (AvgIpc) is 3.15. The van der Waals surface area contributed by atoms with E-state index in [1.165, 1.54) is 122 Å². The Morgan fingerprint density at radius 3 is 1.54 bits per heavy atom. The number of allylic oxidation sites excluding steroid dienone is 5. The van der Waals surface area contributed by atoms with Gasteiger partial charge in [0.25, 0.3) is 0 Å². The van der Waals surface area contributed by atoms with Gasteiger partial charge in [0.1, 0.15) is 0 Å². The van der Waals surface area contributed by atoms with Crippen molar-refractivity contribution in [1.29, 1.82) is 0 Å². The number of nitrogens with one attached hydrogen (secondary N) is 1. The molecule has 0 heterocycles. The van der Waals surface area contributed by atoms with Crippen molar-refractivity contribution in [3.8, 4) is 0 Å². The van der Waals surface area contributed by atoms with E-state index in [4.69, 9.17) is 14.8 Å². The van der Waals surface area contributed by atoms with Crippen LogP contribution in [0.5, 0.6) is 0 Å². The molecule has 0 rings (SSSR count). The maximum Gasteiger partial charge on any atom is 0.472 e. The molecule has 0 radical (unpaired) electrons. The number of carbonyl (C=O) groups is 1. The molecule has 318 valence electrons. The summed E-state index contributed by atoms with van der Waals surface area (Å²) in [6.07, 6.45) is 43.8. The number of rotatable bonds is 41. The van der Waals surface area contributed by atoms with Crippen molar-refractivity contribution in [3.63, 3.8) is 0 Å². The van der Waals surface area contributed by atoms with Gasteiger partial charge in [-0.25, -0.2) is 4.57 Å². The summed E-state index contributed by atoms with van der Waals surface area (Å²) in [4.78, 5) is 22.7. The van der Waals surface area contributed by atoms with Crippen LogP contribution in [-0.4, -0.2) is 59.0 Å². The molecule has 6 N–H and O–H groups in total. The van der Waals surface area contributed by atoms with Crippen LogP contribution in [0.15, 0.2) is 36.5 Å². The van der Waals surface area contributed by atoms with Gasteiger partial charge in [0.2, 0.25) is 5.91 Å². The molecule has 9 nitrogen and oxygen atoms in total. The largest absolute Gasteiger partial charge is 0.472 e. The number of carbonyl (C=O) groups excluding carboxylic acids is 1. The van der Waals surface area contributed by atoms with E-state index in [1.807, 2.05) is 6.08 Å². The Morgan fingerprint density at radius 2 is 1.06 bits per heavy atom. The molecular formula is C44H85N2O7P. The van der Waals surface area contributed by atoms with Crippen LogP contribution in [0.25, 0.3) is 0 Å². The maximum absolute atomic E-state index is 12.8. The second-order valence-electron chi connectivity index (χ2n) is 15.1. The molecule has 0 fully saturated rings. The Bertz CT molecular complexity index is 961. The van der Waals surface area contributed by atoms with Gasteiger partial charge in [-0.3, -0.25) is 13.8 Å². The van der Waals surface area contributed by atoms with Crippen molar-refractivity contribution in [2.24, 2.45) is 5.73 Å². The average molecular weight is 785 g/mol. The van der Waals surface area contributed by atoms with E-state index < -0.39 is 38.6 Å². The van der Waals surface area contributed by atoms with Crippen molar-refractivity contribution < 1.29 is 33.5 Å². The van der Waals surface area contributed by atoms with Crippen molar-refractivity contribution in [3.05, 3.63) is 36.5 Å². The lowest BCUT2D eigenvalue weighted by Gasteiger charge is -2.24. The van der Waals surface area contributed by atoms with E-state index in [-0.39, 0.29) is 19.6 Å². The van der Waals surface area contributed by atoms with E-state index >= 15 is 0 Å². The molecule has 0 aromatic rings. The molecule has 0 aliphatic heterocycles. The van der Waals surface area contributed by atoms with Crippen LogP contribution in [0.3, 0.4) is 0 Å². The summed E-state index contributed by atoms with van der Waals surface area (Å²) in [5, 5.41) is 24.0. The fraction of sp³-hybridized carbons (Fsp3) is 0.841. The van der Waals surface area contributed by atoms with Gasteiger partial charge in [-0.05, 0) is 44.9 Å². The molecule has 0 aromatic carbocycles. The smallest absolute Gasteiger partial charge is 0.393 e. The maximum atomic E-state index is 12.8. The van der Waals surface area contributed by atoms with Crippen LogP contribution in [0.2, 0.25) is 0 Å². The molecule has 0 aliphatic rings. The molecule has 0 aromatic heterocycles. The highest BCUT2D eigenvalue weighted by Crippen LogP contribution is 2.43. The first-order chi connectivity index (χ1) is 26.3. The first kappa shape index (κ1) is 52.7. The van der Waals surface area contributed by atoms with Crippen LogP contribution >= 0.6 is 7.82 Å². The molecule has 10 heteroatoms. The number of amides is 1. The lowest BCUT2D eigenvalue weighted by Crippen LogP contribution is -2.46. The van der Waals surface area contributed by atoms with Crippen molar-refractivity contribution in [2.75, 3.05) is 19.8 Å². The van der Waals surface area contributed by atoms with Crippen molar-refractivity contribution in [1.82, 2.24) is 5.32 Å². The number of aliphatic hydroxyl groups excluding tert-OH is 2. The second kappa shape index (κ2) is 39.9. The Labute approximate surface area is 332 Å².